The molecule has 1 aliphatic heterocycles. The summed E-state index contributed by atoms with van der Waals surface area (Å²) in [6.07, 6.45) is 23.7. The second-order valence-electron chi connectivity index (χ2n) is 8.54. The number of carbonyl (C=O) groups excluding carboxylic acids is 1. The van der Waals surface area contributed by atoms with Gasteiger partial charge in [0.05, 0.1) is 6.42 Å². The summed E-state index contributed by atoms with van der Waals surface area (Å²) in [5.74, 6) is 0.374. The highest BCUT2D eigenvalue weighted by Gasteiger charge is 2.39. The van der Waals surface area contributed by atoms with Gasteiger partial charge < -0.3 is 23.3 Å². The van der Waals surface area contributed by atoms with Crippen molar-refractivity contribution in [1.29, 1.82) is 0 Å². The fraction of sp³-hybridized carbons (Fsp3) is 0.500. The standard InChI is InChI=1S/C28H42N2O5Si/c1-4-33-36(34-5-2,35-6-3)24-10-20-29-28(32)11-8-7-9-21-30-22-18-26(19-23-30)13-12-25-14-16-27(31)17-15-25/h12-19,22-23H,4-11,20-21,24H2,1-3H3,(H,29,32)/p+1. The maximum Gasteiger partial charge on any atom is 0.501 e. The van der Waals surface area contributed by atoms with Crippen LogP contribution in [0.4, 0.5) is 0 Å². The van der Waals surface area contributed by atoms with E-state index in [9.17, 15) is 9.90 Å². The topological polar surface area (TPSA) is 82.2 Å². The summed E-state index contributed by atoms with van der Waals surface area (Å²) in [6.45, 7) is 9.24. The van der Waals surface area contributed by atoms with E-state index in [0.717, 1.165) is 49.4 Å². The predicted molar refractivity (Wildman–Crippen MR) is 146 cm³/mol. The van der Waals surface area contributed by atoms with Gasteiger partial charge in [0.2, 0.25) is 0 Å². The van der Waals surface area contributed by atoms with Crippen molar-refractivity contribution in [2.75, 3.05) is 32.9 Å². The van der Waals surface area contributed by atoms with Gasteiger partial charge in [0.1, 0.15) is 6.54 Å². The van der Waals surface area contributed by atoms with Gasteiger partial charge in [-0.3, -0.25) is 4.79 Å². The molecule has 2 N–H and O–H groups in total. The Morgan fingerprint density at radius 2 is 1.44 bits per heavy atom. The number of nitrogens with zero attached hydrogens (tertiary/aromatic N) is 1. The largest absolute Gasteiger partial charge is 0.501 e. The lowest BCUT2D eigenvalue weighted by atomic mass is 10.1. The second kappa shape index (κ2) is 17.0. The van der Waals surface area contributed by atoms with E-state index in [0.29, 0.717) is 38.7 Å². The summed E-state index contributed by atoms with van der Waals surface area (Å²) in [5, 5.41) is 10.2. The highest BCUT2D eigenvalue weighted by atomic mass is 28.4. The van der Waals surface area contributed by atoms with Gasteiger partial charge in [-0.05, 0) is 69.1 Å². The van der Waals surface area contributed by atoms with Crippen LogP contribution in [0.3, 0.4) is 0 Å². The SMILES string of the molecule is CCO[Si](CCC[NH+]=C(O)CCCCCN1C=CC(=CC=C2C=CC(=O)C=C2)C=C1)(OCC)OCC. The van der Waals surface area contributed by atoms with Gasteiger partial charge in [-0.15, -0.1) is 0 Å². The first-order chi connectivity index (χ1) is 17.5. The number of allylic oxidation sites excluding steroid dienone is 10. The van der Waals surface area contributed by atoms with E-state index >= 15 is 0 Å². The molecule has 7 nitrogen and oxygen atoms in total. The molecule has 0 amide bonds. The number of hydrogen-bond acceptors (Lipinski definition) is 5. The van der Waals surface area contributed by atoms with Crippen molar-refractivity contribution in [3.05, 3.63) is 72.2 Å². The first-order valence-corrected chi connectivity index (χ1v) is 15.1. The summed E-state index contributed by atoms with van der Waals surface area (Å²) in [6, 6.07) is 0.739. The number of aliphatic hydroxyl groups excluding tert-OH is 1. The second-order valence-corrected chi connectivity index (χ2v) is 11.3. The number of nitrogens with one attached hydrogen (secondary N) is 1. The Kier molecular flexibility index (Phi) is 14.0. The molecule has 2 rings (SSSR count). The van der Waals surface area contributed by atoms with Gasteiger partial charge in [-0.2, -0.15) is 0 Å². The third-order valence-electron chi connectivity index (χ3n) is 5.68. The van der Waals surface area contributed by atoms with Crippen LogP contribution in [0.2, 0.25) is 6.04 Å². The molecule has 0 aromatic heterocycles. The minimum Gasteiger partial charge on any atom is -0.464 e. The zero-order valence-electron chi connectivity index (χ0n) is 22.1. The molecule has 2 aliphatic rings. The summed E-state index contributed by atoms with van der Waals surface area (Å²) < 4.78 is 17.6. The summed E-state index contributed by atoms with van der Waals surface area (Å²) in [7, 11) is -2.61. The smallest absolute Gasteiger partial charge is 0.464 e. The fourth-order valence-electron chi connectivity index (χ4n) is 3.89. The molecule has 0 fully saturated rings. The average molecular weight is 516 g/mol. The van der Waals surface area contributed by atoms with Crippen LogP contribution >= 0.6 is 0 Å². The number of ketones is 1. The molecular weight excluding hydrogens is 472 g/mol. The highest BCUT2D eigenvalue weighted by molar-refractivity contribution is 6.60. The van der Waals surface area contributed by atoms with Crippen LogP contribution in [0, 0.1) is 0 Å². The Morgan fingerprint density at radius 1 is 0.861 bits per heavy atom. The van der Waals surface area contributed by atoms with Crippen LogP contribution in [0.1, 0.15) is 52.9 Å². The van der Waals surface area contributed by atoms with E-state index in [4.69, 9.17) is 13.3 Å². The fourth-order valence-corrected chi connectivity index (χ4v) is 6.50. The first-order valence-electron chi connectivity index (χ1n) is 13.1. The van der Waals surface area contributed by atoms with E-state index in [1.54, 1.807) is 12.2 Å². The Labute approximate surface area is 217 Å². The van der Waals surface area contributed by atoms with E-state index < -0.39 is 8.80 Å². The lowest BCUT2D eigenvalue weighted by Gasteiger charge is -2.27. The third kappa shape index (κ3) is 11.5. The van der Waals surface area contributed by atoms with Crippen LogP contribution in [0.15, 0.2) is 72.2 Å². The molecule has 198 valence electrons. The zero-order chi connectivity index (χ0) is 26.1. The summed E-state index contributed by atoms with van der Waals surface area (Å²) in [4.78, 5) is 16.5. The van der Waals surface area contributed by atoms with E-state index in [2.05, 4.69) is 34.4 Å². The molecule has 0 aromatic rings. The molecular formula is C28H43N2O5Si+. The van der Waals surface area contributed by atoms with Crippen molar-refractivity contribution in [3.8, 4) is 0 Å². The zero-order valence-corrected chi connectivity index (χ0v) is 23.1. The minimum absolute atomic E-state index is 0.0267. The predicted octanol–water partition coefficient (Wildman–Crippen LogP) is 3.91. The normalized spacial score (nSPS) is 15.8. The number of hydrogen-bond donors (Lipinski definition) is 2. The molecule has 0 atom stereocenters. The Morgan fingerprint density at radius 3 is 2.03 bits per heavy atom. The van der Waals surface area contributed by atoms with Crippen LogP contribution in [-0.4, -0.2) is 63.4 Å². The maximum absolute atomic E-state index is 11.2. The quantitative estimate of drug-likeness (QED) is 0.132. The van der Waals surface area contributed by atoms with Crippen molar-refractivity contribution < 1.29 is 28.2 Å². The Balaban J connectivity index is 1.61. The van der Waals surface area contributed by atoms with Crippen molar-refractivity contribution in [1.82, 2.24) is 4.90 Å². The van der Waals surface area contributed by atoms with E-state index in [1.807, 2.05) is 45.1 Å². The minimum atomic E-state index is -2.61. The molecule has 1 heterocycles. The third-order valence-corrected chi connectivity index (χ3v) is 8.83. The molecule has 1 aliphatic carbocycles. The van der Waals surface area contributed by atoms with E-state index in [1.165, 1.54) is 0 Å². The van der Waals surface area contributed by atoms with Gasteiger partial charge in [-0.25, -0.2) is 4.99 Å². The summed E-state index contributed by atoms with van der Waals surface area (Å²) >= 11 is 0. The van der Waals surface area contributed by atoms with Gasteiger partial charge in [0.15, 0.2) is 5.78 Å². The van der Waals surface area contributed by atoms with Crippen LogP contribution < -0.4 is 4.99 Å². The van der Waals surface area contributed by atoms with E-state index in [-0.39, 0.29) is 5.78 Å². The number of unbranched alkanes of at least 4 members (excludes halogenated alkanes) is 2. The molecule has 0 spiro atoms. The molecule has 0 aromatic carbocycles. The first kappa shape index (κ1) is 29.7. The molecule has 0 bridgehead atoms. The van der Waals surface area contributed by atoms with Crippen molar-refractivity contribution >= 4 is 20.5 Å². The number of aliphatic hydroxyl groups is 1. The van der Waals surface area contributed by atoms with Crippen LogP contribution in [0.25, 0.3) is 0 Å². The van der Waals surface area contributed by atoms with Crippen LogP contribution in [0.5, 0.6) is 0 Å². The van der Waals surface area contributed by atoms with Crippen molar-refractivity contribution in [2.45, 2.75) is 58.9 Å². The van der Waals surface area contributed by atoms with Crippen molar-refractivity contribution in [3.63, 3.8) is 0 Å². The molecule has 0 radical (unpaired) electrons. The lowest BCUT2D eigenvalue weighted by Crippen LogP contribution is -2.73. The number of carbonyl (C=O) groups is 1. The van der Waals surface area contributed by atoms with Crippen LogP contribution in [-0.2, 0) is 18.1 Å². The maximum atomic E-state index is 11.2. The average Bonchev–Trinajstić information content (AvgIpc) is 2.87. The molecule has 0 saturated carbocycles. The van der Waals surface area contributed by atoms with Crippen molar-refractivity contribution in [2.24, 2.45) is 0 Å². The van der Waals surface area contributed by atoms with Gasteiger partial charge in [0.25, 0.3) is 0 Å². The van der Waals surface area contributed by atoms with Gasteiger partial charge in [0, 0.05) is 51.2 Å². The van der Waals surface area contributed by atoms with Gasteiger partial charge >= 0.3 is 14.7 Å². The summed E-state index contributed by atoms with van der Waals surface area (Å²) in [5.41, 5.74) is 2.13. The molecule has 0 saturated heterocycles. The molecule has 8 heteroatoms. The van der Waals surface area contributed by atoms with Gasteiger partial charge in [-0.1, -0.05) is 30.7 Å². The highest BCUT2D eigenvalue weighted by Crippen LogP contribution is 2.17. The monoisotopic (exact) mass is 515 g/mol. The Bertz CT molecular complexity index is 851. The molecule has 0 unspecified atom stereocenters. The number of rotatable bonds is 17. The molecule has 36 heavy (non-hydrogen) atoms. The Hall–Kier alpha value is -2.52. The lowest BCUT2D eigenvalue weighted by molar-refractivity contribution is -0.468.